The Morgan fingerprint density at radius 3 is 2.78 bits per heavy atom. The van der Waals surface area contributed by atoms with Crippen LogP contribution in [0, 0.1) is 3.57 Å². The van der Waals surface area contributed by atoms with E-state index in [9.17, 15) is 5.11 Å². The third-order valence-corrected chi connectivity index (χ3v) is 3.90. The van der Waals surface area contributed by atoms with Gasteiger partial charge in [-0.25, -0.2) is 0 Å². The normalized spacial score (nSPS) is 23.6. The molecule has 0 saturated carbocycles. The molecule has 0 aliphatic carbocycles. The molecule has 1 heterocycles. The van der Waals surface area contributed by atoms with Crippen LogP contribution >= 0.6 is 22.6 Å². The van der Waals surface area contributed by atoms with Crippen LogP contribution in [0.15, 0.2) is 24.3 Å². The number of hydrogen-bond donors (Lipinski definition) is 2. The minimum absolute atomic E-state index is 0.262. The maximum absolute atomic E-state index is 10.5. The molecule has 18 heavy (non-hydrogen) atoms. The molecule has 2 N–H and O–H groups in total. The standard InChI is InChI=1S/C14H20INO2/c1-14(17,9-13-10-18-7-6-16-13)8-11-2-4-12(15)5-3-11/h2-5,13,16-17H,6-10H2,1H3. The molecule has 0 spiro atoms. The van der Waals surface area contributed by atoms with Crippen molar-refractivity contribution in [1.29, 1.82) is 0 Å². The van der Waals surface area contributed by atoms with Gasteiger partial charge >= 0.3 is 0 Å². The molecule has 100 valence electrons. The van der Waals surface area contributed by atoms with Crippen LogP contribution in [0.5, 0.6) is 0 Å². The average Bonchev–Trinajstić information content (AvgIpc) is 2.32. The van der Waals surface area contributed by atoms with Gasteiger partial charge in [-0.15, -0.1) is 0 Å². The summed E-state index contributed by atoms with van der Waals surface area (Å²) in [6, 6.07) is 8.59. The highest BCUT2D eigenvalue weighted by Gasteiger charge is 2.27. The van der Waals surface area contributed by atoms with Crippen LogP contribution in [0.1, 0.15) is 18.9 Å². The molecule has 3 nitrogen and oxygen atoms in total. The van der Waals surface area contributed by atoms with Gasteiger partial charge in [0.15, 0.2) is 0 Å². The summed E-state index contributed by atoms with van der Waals surface area (Å²) in [5.41, 5.74) is 0.489. The SMILES string of the molecule is CC(O)(Cc1ccc(I)cc1)CC1COCCN1. The summed E-state index contributed by atoms with van der Waals surface area (Å²) in [4.78, 5) is 0. The molecule has 1 fully saturated rings. The van der Waals surface area contributed by atoms with Gasteiger partial charge in [0.1, 0.15) is 0 Å². The summed E-state index contributed by atoms with van der Waals surface area (Å²) in [6.45, 7) is 4.25. The lowest BCUT2D eigenvalue weighted by molar-refractivity contribution is 0.00651. The molecular formula is C14H20INO2. The van der Waals surface area contributed by atoms with Crippen molar-refractivity contribution in [2.45, 2.75) is 31.4 Å². The number of aliphatic hydroxyl groups is 1. The molecule has 1 saturated heterocycles. The van der Waals surface area contributed by atoms with E-state index in [2.05, 4.69) is 52.2 Å². The van der Waals surface area contributed by atoms with Crippen molar-refractivity contribution in [3.8, 4) is 0 Å². The molecule has 0 bridgehead atoms. The van der Waals surface area contributed by atoms with Crippen LogP contribution in [-0.4, -0.2) is 36.5 Å². The third-order valence-electron chi connectivity index (χ3n) is 3.18. The van der Waals surface area contributed by atoms with Crippen molar-refractivity contribution in [3.63, 3.8) is 0 Å². The van der Waals surface area contributed by atoms with Crippen molar-refractivity contribution in [2.75, 3.05) is 19.8 Å². The summed E-state index contributed by atoms with van der Waals surface area (Å²) in [6.07, 6.45) is 1.40. The lowest BCUT2D eigenvalue weighted by Gasteiger charge is -2.31. The van der Waals surface area contributed by atoms with Crippen molar-refractivity contribution in [2.24, 2.45) is 0 Å². The second-order valence-electron chi connectivity index (χ2n) is 5.23. The molecule has 2 unspecified atom stereocenters. The van der Waals surface area contributed by atoms with E-state index in [0.717, 1.165) is 19.6 Å². The quantitative estimate of drug-likeness (QED) is 0.806. The molecule has 2 rings (SSSR count). The van der Waals surface area contributed by atoms with Gasteiger partial charge in [-0.05, 0) is 53.6 Å². The first-order valence-corrected chi connectivity index (χ1v) is 7.41. The highest BCUT2D eigenvalue weighted by Crippen LogP contribution is 2.20. The Morgan fingerprint density at radius 1 is 1.44 bits per heavy atom. The predicted molar refractivity (Wildman–Crippen MR) is 80.7 cm³/mol. The second-order valence-corrected chi connectivity index (χ2v) is 6.48. The van der Waals surface area contributed by atoms with Crippen molar-refractivity contribution < 1.29 is 9.84 Å². The van der Waals surface area contributed by atoms with E-state index in [1.54, 1.807) is 0 Å². The lowest BCUT2D eigenvalue weighted by atomic mass is 9.90. The number of halogens is 1. The van der Waals surface area contributed by atoms with Gasteiger partial charge in [-0.2, -0.15) is 0 Å². The fourth-order valence-electron chi connectivity index (χ4n) is 2.40. The van der Waals surface area contributed by atoms with Crippen LogP contribution in [0.2, 0.25) is 0 Å². The van der Waals surface area contributed by atoms with Crippen LogP contribution in [0.3, 0.4) is 0 Å². The van der Waals surface area contributed by atoms with Gasteiger partial charge in [0.2, 0.25) is 0 Å². The monoisotopic (exact) mass is 361 g/mol. The molecule has 1 aromatic carbocycles. The number of benzene rings is 1. The molecule has 1 aromatic rings. The van der Waals surface area contributed by atoms with E-state index in [1.807, 2.05) is 6.92 Å². The van der Waals surface area contributed by atoms with Crippen molar-refractivity contribution >= 4 is 22.6 Å². The first-order chi connectivity index (χ1) is 8.55. The lowest BCUT2D eigenvalue weighted by Crippen LogP contribution is -2.46. The van der Waals surface area contributed by atoms with Gasteiger partial charge in [-0.1, -0.05) is 12.1 Å². The Morgan fingerprint density at radius 2 is 2.17 bits per heavy atom. The zero-order valence-electron chi connectivity index (χ0n) is 10.7. The molecule has 0 amide bonds. The van der Waals surface area contributed by atoms with Crippen molar-refractivity contribution in [3.05, 3.63) is 33.4 Å². The molecular weight excluding hydrogens is 341 g/mol. The van der Waals surface area contributed by atoms with Gasteiger partial charge < -0.3 is 15.2 Å². The number of morpholine rings is 1. The van der Waals surface area contributed by atoms with E-state index in [1.165, 1.54) is 9.13 Å². The van der Waals surface area contributed by atoms with E-state index < -0.39 is 5.60 Å². The largest absolute Gasteiger partial charge is 0.390 e. The molecule has 0 radical (unpaired) electrons. The van der Waals surface area contributed by atoms with Gasteiger partial charge in [0, 0.05) is 22.6 Å². The van der Waals surface area contributed by atoms with Gasteiger partial charge in [0.25, 0.3) is 0 Å². The summed E-state index contributed by atoms with van der Waals surface area (Å²) >= 11 is 2.29. The molecule has 0 aromatic heterocycles. The topological polar surface area (TPSA) is 41.5 Å². The van der Waals surface area contributed by atoms with Crippen molar-refractivity contribution in [1.82, 2.24) is 5.32 Å². The number of rotatable bonds is 4. The fourth-order valence-corrected chi connectivity index (χ4v) is 2.76. The van der Waals surface area contributed by atoms with E-state index >= 15 is 0 Å². The third kappa shape index (κ3) is 4.50. The van der Waals surface area contributed by atoms with Crippen LogP contribution in [0.25, 0.3) is 0 Å². The molecule has 1 aliphatic heterocycles. The minimum Gasteiger partial charge on any atom is -0.390 e. The smallest absolute Gasteiger partial charge is 0.0675 e. The Hall–Kier alpha value is -0.170. The number of nitrogens with one attached hydrogen (secondary N) is 1. The zero-order chi connectivity index (χ0) is 13.0. The molecule has 2 atom stereocenters. The average molecular weight is 361 g/mol. The second kappa shape index (κ2) is 6.32. The predicted octanol–water partition coefficient (Wildman–Crippen LogP) is 1.96. The highest BCUT2D eigenvalue weighted by molar-refractivity contribution is 14.1. The van der Waals surface area contributed by atoms with E-state index in [4.69, 9.17) is 4.74 Å². The van der Waals surface area contributed by atoms with E-state index in [-0.39, 0.29) is 6.04 Å². The maximum Gasteiger partial charge on any atom is 0.0675 e. The minimum atomic E-state index is -0.689. The Labute approximate surface area is 122 Å². The maximum atomic E-state index is 10.5. The summed E-state index contributed by atoms with van der Waals surface area (Å²) in [5, 5.41) is 13.9. The van der Waals surface area contributed by atoms with Gasteiger partial charge in [0.05, 0.1) is 18.8 Å². The molecule has 1 aliphatic rings. The van der Waals surface area contributed by atoms with E-state index in [0.29, 0.717) is 13.0 Å². The summed E-state index contributed by atoms with van der Waals surface area (Å²) < 4.78 is 6.64. The van der Waals surface area contributed by atoms with Crippen LogP contribution < -0.4 is 5.32 Å². The van der Waals surface area contributed by atoms with Crippen LogP contribution in [-0.2, 0) is 11.2 Å². The molecule has 4 heteroatoms. The highest BCUT2D eigenvalue weighted by atomic mass is 127. The number of ether oxygens (including phenoxy) is 1. The summed E-state index contributed by atoms with van der Waals surface area (Å²) in [5.74, 6) is 0. The zero-order valence-corrected chi connectivity index (χ0v) is 12.8. The fraction of sp³-hybridized carbons (Fsp3) is 0.571. The summed E-state index contributed by atoms with van der Waals surface area (Å²) in [7, 11) is 0. The Bertz CT molecular complexity index is 372. The first kappa shape index (κ1) is 14.2. The Balaban J connectivity index is 1.91. The van der Waals surface area contributed by atoms with Gasteiger partial charge in [-0.3, -0.25) is 0 Å². The number of hydrogen-bond acceptors (Lipinski definition) is 3. The van der Waals surface area contributed by atoms with Crippen LogP contribution in [0.4, 0.5) is 0 Å². The Kier molecular flexibility index (Phi) is 5.00. The first-order valence-electron chi connectivity index (χ1n) is 6.33.